The lowest BCUT2D eigenvalue weighted by Gasteiger charge is -2.30. The highest BCUT2D eigenvalue weighted by atomic mass is 79.9. The number of hydrogen-bond acceptors (Lipinski definition) is 2. The van der Waals surface area contributed by atoms with Gasteiger partial charge in [-0.2, -0.15) is 0 Å². The van der Waals surface area contributed by atoms with Crippen LogP contribution in [0.5, 0.6) is 0 Å². The van der Waals surface area contributed by atoms with E-state index in [-0.39, 0.29) is 5.92 Å². The minimum atomic E-state index is -0.671. The lowest BCUT2D eigenvalue weighted by molar-refractivity contribution is -0.143. The molecule has 18 heavy (non-hydrogen) atoms. The molecule has 0 spiro atoms. The van der Waals surface area contributed by atoms with E-state index in [4.69, 9.17) is 16.7 Å². The number of piperidine rings is 1. The molecule has 0 unspecified atom stereocenters. The Morgan fingerprint density at radius 1 is 1.44 bits per heavy atom. The number of benzene rings is 1. The number of likely N-dealkylation sites (tertiary alicyclic amines) is 1. The number of carboxylic acid groups (broad SMARTS) is 1. The van der Waals surface area contributed by atoms with Crippen LogP contribution in [0.3, 0.4) is 0 Å². The maximum atomic E-state index is 10.9. The van der Waals surface area contributed by atoms with Gasteiger partial charge in [-0.25, -0.2) is 0 Å². The van der Waals surface area contributed by atoms with Crippen LogP contribution in [0.15, 0.2) is 22.7 Å². The molecule has 0 radical (unpaired) electrons. The van der Waals surface area contributed by atoms with E-state index in [1.807, 2.05) is 18.2 Å². The molecule has 0 amide bonds. The molecule has 1 N–H and O–H groups in total. The first-order chi connectivity index (χ1) is 8.56. The molecular formula is C13H15BrClNO2. The normalized spacial score (nSPS) is 17.9. The molecule has 0 saturated carbocycles. The smallest absolute Gasteiger partial charge is 0.306 e. The summed E-state index contributed by atoms with van der Waals surface area (Å²) in [5.74, 6) is -0.852. The summed E-state index contributed by atoms with van der Waals surface area (Å²) in [7, 11) is 0. The van der Waals surface area contributed by atoms with Crippen molar-refractivity contribution in [2.75, 3.05) is 13.1 Å². The van der Waals surface area contributed by atoms with Gasteiger partial charge in [-0.05, 0) is 49.7 Å². The van der Waals surface area contributed by atoms with E-state index >= 15 is 0 Å². The van der Waals surface area contributed by atoms with Crippen LogP contribution in [0.1, 0.15) is 18.4 Å². The molecule has 0 aromatic heterocycles. The van der Waals surface area contributed by atoms with Crippen molar-refractivity contribution >= 4 is 33.5 Å². The maximum absolute atomic E-state index is 10.9. The Morgan fingerprint density at radius 3 is 2.72 bits per heavy atom. The van der Waals surface area contributed by atoms with Gasteiger partial charge in [0, 0.05) is 16.0 Å². The SMILES string of the molecule is O=C(O)C1CCN(Cc2cc(Br)ccc2Cl)CC1. The molecule has 2 rings (SSSR count). The molecule has 0 aliphatic carbocycles. The number of hydrogen-bond donors (Lipinski definition) is 1. The molecule has 98 valence electrons. The summed E-state index contributed by atoms with van der Waals surface area (Å²) >= 11 is 9.59. The van der Waals surface area contributed by atoms with Crippen LogP contribution in [0.4, 0.5) is 0 Å². The van der Waals surface area contributed by atoms with Crippen molar-refractivity contribution in [3.05, 3.63) is 33.3 Å². The molecule has 0 atom stereocenters. The average molecular weight is 333 g/mol. The molecular weight excluding hydrogens is 318 g/mol. The van der Waals surface area contributed by atoms with Gasteiger partial charge >= 0.3 is 5.97 Å². The summed E-state index contributed by atoms with van der Waals surface area (Å²) in [5.41, 5.74) is 1.08. The lowest BCUT2D eigenvalue weighted by atomic mass is 9.97. The van der Waals surface area contributed by atoms with Gasteiger partial charge in [0.05, 0.1) is 5.92 Å². The Labute approximate surface area is 120 Å². The van der Waals surface area contributed by atoms with Crippen LogP contribution in [-0.4, -0.2) is 29.1 Å². The molecule has 1 heterocycles. The Hall–Kier alpha value is -0.580. The van der Waals surface area contributed by atoms with Crippen molar-refractivity contribution in [3.63, 3.8) is 0 Å². The van der Waals surface area contributed by atoms with Crippen LogP contribution >= 0.6 is 27.5 Å². The molecule has 5 heteroatoms. The van der Waals surface area contributed by atoms with E-state index in [2.05, 4.69) is 20.8 Å². The second-order valence-corrected chi connectivity index (χ2v) is 5.95. The predicted octanol–water partition coefficient (Wildman–Crippen LogP) is 3.40. The van der Waals surface area contributed by atoms with Crippen molar-refractivity contribution < 1.29 is 9.90 Å². The maximum Gasteiger partial charge on any atom is 0.306 e. The van der Waals surface area contributed by atoms with Crippen LogP contribution in [0, 0.1) is 5.92 Å². The summed E-state index contributed by atoms with van der Waals surface area (Å²) in [6.07, 6.45) is 1.45. The topological polar surface area (TPSA) is 40.5 Å². The second kappa shape index (κ2) is 6.04. The fraction of sp³-hybridized carbons (Fsp3) is 0.462. The first-order valence-corrected chi connectivity index (χ1v) is 7.12. The molecule has 1 saturated heterocycles. The largest absolute Gasteiger partial charge is 0.481 e. The number of nitrogens with zero attached hydrogens (tertiary/aromatic N) is 1. The third kappa shape index (κ3) is 3.46. The van der Waals surface area contributed by atoms with Gasteiger partial charge in [-0.3, -0.25) is 9.69 Å². The number of carbonyl (C=O) groups is 1. The molecule has 3 nitrogen and oxygen atoms in total. The number of rotatable bonds is 3. The fourth-order valence-electron chi connectivity index (χ4n) is 2.24. The van der Waals surface area contributed by atoms with Crippen molar-refractivity contribution in [2.45, 2.75) is 19.4 Å². The van der Waals surface area contributed by atoms with Crippen LogP contribution < -0.4 is 0 Å². The standard InChI is InChI=1S/C13H15BrClNO2/c14-11-1-2-12(15)10(7-11)8-16-5-3-9(4-6-16)13(17)18/h1-2,7,9H,3-6,8H2,(H,17,18). The van der Waals surface area contributed by atoms with E-state index in [9.17, 15) is 4.79 Å². The van der Waals surface area contributed by atoms with E-state index in [0.717, 1.165) is 47.5 Å². The summed E-state index contributed by atoms with van der Waals surface area (Å²) in [6, 6.07) is 5.82. The van der Waals surface area contributed by atoms with Crippen LogP contribution in [0.25, 0.3) is 0 Å². The van der Waals surface area contributed by atoms with Crippen molar-refractivity contribution in [1.29, 1.82) is 0 Å². The quantitative estimate of drug-likeness (QED) is 0.922. The lowest BCUT2D eigenvalue weighted by Crippen LogP contribution is -2.35. The van der Waals surface area contributed by atoms with Crippen molar-refractivity contribution in [3.8, 4) is 0 Å². The Morgan fingerprint density at radius 2 is 2.11 bits per heavy atom. The van der Waals surface area contributed by atoms with Gasteiger partial charge in [0.15, 0.2) is 0 Å². The van der Waals surface area contributed by atoms with Gasteiger partial charge < -0.3 is 5.11 Å². The fourth-order valence-corrected chi connectivity index (χ4v) is 2.83. The van der Waals surface area contributed by atoms with Gasteiger partial charge in [-0.1, -0.05) is 27.5 Å². The van der Waals surface area contributed by atoms with Gasteiger partial charge in [-0.15, -0.1) is 0 Å². The molecule has 1 fully saturated rings. The molecule has 1 aromatic rings. The van der Waals surface area contributed by atoms with Crippen molar-refractivity contribution in [2.24, 2.45) is 5.92 Å². The third-order valence-corrected chi connectivity index (χ3v) is 4.20. The zero-order valence-corrected chi connectivity index (χ0v) is 12.2. The zero-order valence-electron chi connectivity index (χ0n) is 9.90. The van der Waals surface area contributed by atoms with Gasteiger partial charge in [0.2, 0.25) is 0 Å². The second-order valence-electron chi connectivity index (χ2n) is 4.62. The highest BCUT2D eigenvalue weighted by Crippen LogP contribution is 2.25. The zero-order chi connectivity index (χ0) is 13.1. The first kappa shape index (κ1) is 13.8. The highest BCUT2D eigenvalue weighted by Gasteiger charge is 2.24. The van der Waals surface area contributed by atoms with Crippen LogP contribution in [0.2, 0.25) is 5.02 Å². The van der Waals surface area contributed by atoms with E-state index in [1.165, 1.54) is 0 Å². The Kier molecular flexibility index (Phi) is 4.65. The summed E-state index contributed by atoms with van der Waals surface area (Å²) in [5, 5.41) is 9.71. The Balaban J connectivity index is 1.95. The van der Waals surface area contributed by atoms with Crippen molar-refractivity contribution in [1.82, 2.24) is 4.90 Å². The highest BCUT2D eigenvalue weighted by molar-refractivity contribution is 9.10. The minimum Gasteiger partial charge on any atom is -0.481 e. The van der Waals surface area contributed by atoms with Gasteiger partial charge in [0.1, 0.15) is 0 Å². The van der Waals surface area contributed by atoms with Gasteiger partial charge in [0.25, 0.3) is 0 Å². The molecule has 1 aliphatic heterocycles. The predicted molar refractivity (Wildman–Crippen MR) is 74.8 cm³/mol. The third-order valence-electron chi connectivity index (χ3n) is 3.34. The summed E-state index contributed by atoms with van der Waals surface area (Å²) < 4.78 is 1.02. The average Bonchev–Trinajstić information content (AvgIpc) is 2.34. The molecule has 0 bridgehead atoms. The number of carboxylic acids is 1. The molecule has 1 aromatic carbocycles. The van der Waals surface area contributed by atoms with Crippen LogP contribution in [-0.2, 0) is 11.3 Å². The summed E-state index contributed by atoms with van der Waals surface area (Å²) in [6.45, 7) is 2.42. The Bertz CT molecular complexity index is 445. The van der Waals surface area contributed by atoms with E-state index < -0.39 is 5.97 Å². The number of halogens is 2. The van der Waals surface area contributed by atoms with E-state index in [1.54, 1.807) is 0 Å². The summed E-state index contributed by atoms with van der Waals surface area (Å²) in [4.78, 5) is 13.1. The minimum absolute atomic E-state index is 0.181. The first-order valence-electron chi connectivity index (χ1n) is 5.95. The number of aliphatic carboxylic acids is 1. The van der Waals surface area contributed by atoms with E-state index in [0.29, 0.717) is 0 Å². The monoisotopic (exact) mass is 331 g/mol. The molecule has 1 aliphatic rings.